The first-order valence-corrected chi connectivity index (χ1v) is 8.65. The fourth-order valence-corrected chi connectivity index (χ4v) is 3.33. The Bertz CT molecular complexity index is 774. The number of pyridine rings is 1. The van der Waals surface area contributed by atoms with Gasteiger partial charge < -0.3 is 10.2 Å². The van der Waals surface area contributed by atoms with E-state index >= 15 is 0 Å². The number of aromatic nitrogens is 1. The fourth-order valence-electron chi connectivity index (χ4n) is 3.33. The fraction of sp³-hybridized carbons (Fsp3) is 0.350. The van der Waals surface area contributed by atoms with Crippen molar-refractivity contribution in [2.75, 3.05) is 11.4 Å². The quantitative estimate of drug-likeness (QED) is 0.912. The van der Waals surface area contributed by atoms with Gasteiger partial charge in [-0.2, -0.15) is 0 Å². The number of hydrogen-bond donors (Lipinski definition) is 1. The second kappa shape index (κ2) is 7.47. The van der Waals surface area contributed by atoms with Crippen molar-refractivity contribution < 1.29 is 9.59 Å². The summed E-state index contributed by atoms with van der Waals surface area (Å²) in [5.74, 6) is -0.370. The van der Waals surface area contributed by atoms with E-state index in [0.717, 1.165) is 28.8 Å². The highest BCUT2D eigenvalue weighted by molar-refractivity contribution is 6.01. The van der Waals surface area contributed by atoms with Crippen LogP contribution in [0.1, 0.15) is 30.0 Å². The zero-order valence-electron chi connectivity index (χ0n) is 14.7. The largest absolute Gasteiger partial charge is 0.352 e. The van der Waals surface area contributed by atoms with E-state index in [1.54, 1.807) is 17.3 Å². The van der Waals surface area contributed by atoms with E-state index in [2.05, 4.69) is 17.2 Å². The maximum atomic E-state index is 12.5. The second-order valence-electron chi connectivity index (χ2n) is 6.42. The number of rotatable bonds is 5. The van der Waals surface area contributed by atoms with E-state index in [4.69, 9.17) is 0 Å². The van der Waals surface area contributed by atoms with E-state index in [1.807, 2.05) is 37.3 Å². The molecule has 1 saturated heterocycles. The molecule has 2 heterocycles. The maximum Gasteiger partial charge on any atom is 0.227 e. The number of aryl methyl sites for hydroxylation is 2. The van der Waals surface area contributed by atoms with E-state index in [1.165, 1.54) is 0 Å². The summed E-state index contributed by atoms with van der Waals surface area (Å²) < 4.78 is 0. The van der Waals surface area contributed by atoms with E-state index in [0.29, 0.717) is 13.1 Å². The van der Waals surface area contributed by atoms with E-state index in [9.17, 15) is 9.59 Å². The van der Waals surface area contributed by atoms with Crippen molar-refractivity contribution in [2.45, 2.75) is 33.2 Å². The van der Waals surface area contributed by atoms with Gasteiger partial charge in [0.2, 0.25) is 11.8 Å². The monoisotopic (exact) mass is 337 g/mol. The minimum absolute atomic E-state index is 0.0190. The predicted molar refractivity (Wildman–Crippen MR) is 97.1 cm³/mol. The number of nitrogens with one attached hydrogen (secondary N) is 1. The molecule has 0 saturated carbocycles. The van der Waals surface area contributed by atoms with Crippen LogP contribution in [0.4, 0.5) is 5.69 Å². The number of carbonyl (C=O) groups is 2. The number of amides is 2. The van der Waals surface area contributed by atoms with Crippen molar-refractivity contribution in [1.29, 1.82) is 0 Å². The minimum atomic E-state index is -0.312. The normalized spacial score (nSPS) is 17.0. The highest BCUT2D eigenvalue weighted by atomic mass is 16.2. The van der Waals surface area contributed by atoms with Gasteiger partial charge in [-0.15, -0.1) is 0 Å². The maximum absolute atomic E-state index is 12.5. The van der Waals surface area contributed by atoms with Gasteiger partial charge in [0.15, 0.2) is 0 Å². The molecule has 0 spiro atoms. The molecule has 1 aliphatic rings. The molecule has 1 aromatic heterocycles. The predicted octanol–water partition coefficient (Wildman–Crippen LogP) is 2.62. The summed E-state index contributed by atoms with van der Waals surface area (Å²) in [4.78, 5) is 30.8. The Hall–Kier alpha value is -2.69. The summed E-state index contributed by atoms with van der Waals surface area (Å²) in [6, 6.07) is 9.83. The lowest BCUT2D eigenvalue weighted by Crippen LogP contribution is -2.33. The van der Waals surface area contributed by atoms with Gasteiger partial charge in [-0.3, -0.25) is 14.6 Å². The highest BCUT2D eigenvalue weighted by Gasteiger charge is 2.36. The van der Waals surface area contributed by atoms with Gasteiger partial charge in [-0.05, 0) is 36.1 Å². The second-order valence-corrected chi connectivity index (χ2v) is 6.42. The summed E-state index contributed by atoms with van der Waals surface area (Å²) in [5, 5.41) is 2.92. The Kier molecular flexibility index (Phi) is 5.12. The first kappa shape index (κ1) is 17.1. The average molecular weight is 337 g/mol. The van der Waals surface area contributed by atoms with Crippen LogP contribution in [0, 0.1) is 12.8 Å². The molecule has 2 aromatic rings. The number of nitrogens with zero attached hydrogens (tertiary/aromatic N) is 2. The van der Waals surface area contributed by atoms with Gasteiger partial charge in [-0.1, -0.05) is 31.2 Å². The van der Waals surface area contributed by atoms with Gasteiger partial charge >= 0.3 is 0 Å². The molecule has 1 fully saturated rings. The smallest absolute Gasteiger partial charge is 0.227 e. The number of para-hydroxylation sites is 1. The number of carbonyl (C=O) groups excluding carboxylic acids is 2. The van der Waals surface area contributed by atoms with Gasteiger partial charge in [0.05, 0.1) is 5.92 Å². The molecule has 0 aliphatic carbocycles. The zero-order chi connectivity index (χ0) is 17.8. The van der Waals surface area contributed by atoms with Crippen molar-refractivity contribution in [3.05, 3.63) is 59.4 Å². The van der Waals surface area contributed by atoms with Crippen LogP contribution in [0.15, 0.2) is 42.7 Å². The SMILES string of the molecule is CCc1cccc(C)c1N1C[C@H](C(=O)NCc2cccnc2)CC1=O. The van der Waals surface area contributed by atoms with Gasteiger partial charge in [0.1, 0.15) is 0 Å². The zero-order valence-corrected chi connectivity index (χ0v) is 14.7. The Balaban J connectivity index is 1.69. The van der Waals surface area contributed by atoms with Crippen molar-refractivity contribution in [3.63, 3.8) is 0 Å². The molecule has 0 bridgehead atoms. The molecular formula is C20H23N3O2. The Morgan fingerprint density at radius 2 is 2.16 bits per heavy atom. The molecule has 2 amide bonds. The summed E-state index contributed by atoms with van der Waals surface area (Å²) in [6.45, 7) is 4.96. The van der Waals surface area contributed by atoms with Crippen LogP contribution in [-0.4, -0.2) is 23.3 Å². The molecule has 5 heteroatoms. The summed E-state index contributed by atoms with van der Waals surface area (Å²) in [7, 11) is 0. The van der Waals surface area contributed by atoms with Crippen LogP contribution in [0.5, 0.6) is 0 Å². The third-order valence-electron chi connectivity index (χ3n) is 4.66. The third-order valence-corrected chi connectivity index (χ3v) is 4.66. The van der Waals surface area contributed by atoms with Crippen molar-refractivity contribution in [2.24, 2.45) is 5.92 Å². The number of hydrogen-bond acceptors (Lipinski definition) is 3. The lowest BCUT2D eigenvalue weighted by molar-refractivity contribution is -0.126. The first-order chi connectivity index (χ1) is 12.1. The highest BCUT2D eigenvalue weighted by Crippen LogP contribution is 2.31. The van der Waals surface area contributed by atoms with Crippen LogP contribution < -0.4 is 10.2 Å². The molecule has 1 aromatic carbocycles. The minimum Gasteiger partial charge on any atom is -0.352 e. The topological polar surface area (TPSA) is 62.3 Å². The van der Waals surface area contributed by atoms with Gasteiger partial charge in [0.25, 0.3) is 0 Å². The van der Waals surface area contributed by atoms with E-state index in [-0.39, 0.29) is 24.2 Å². The Morgan fingerprint density at radius 1 is 1.32 bits per heavy atom. The molecule has 0 unspecified atom stereocenters. The molecular weight excluding hydrogens is 314 g/mol. The molecule has 3 rings (SSSR count). The summed E-state index contributed by atoms with van der Waals surface area (Å²) in [6.07, 6.45) is 4.55. The van der Waals surface area contributed by atoms with Crippen LogP contribution in [0.3, 0.4) is 0 Å². The summed E-state index contributed by atoms with van der Waals surface area (Å²) >= 11 is 0. The third kappa shape index (κ3) is 3.71. The van der Waals surface area contributed by atoms with Gasteiger partial charge in [-0.25, -0.2) is 0 Å². The molecule has 1 atom stereocenters. The lowest BCUT2D eigenvalue weighted by Gasteiger charge is -2.22. The van der Waals surface area contributed by atoms with Crippen molar-refractivity contribution >= 4 is 17.5 Å². The van der Waals surface area contributed by atoms with Crippen molar-refractivity contribution in [1.82, 2.24) is 10.3 Å². The molecule has 130 valence electrons. The number of anilines is 1. The Morgan fingerprint density at radius 3 is 2.88 bits per heavy atom. The first-order valence-electron chi connectivity index (χ1n) is 8.65. The number of benzene rings is 1. The van der Waals surface area contributed by atoms with Crippen LogP contribution >= 0.6 is 0 Å². The van der Waals surface area contributed by atoms with E-state index < -0.39 is 0 Å². The molecule has 5 nitrogen and oxygen atoms in total. The Labute approximate surface area is 148 Å². The summed E-state index contributed by atoms with van der Waals surface area (Å²) in [5.41, 5.74) is 4.13. The molecule has 0 radical (unpaired) electrons. The van der Waals surface area contributed by atoms with Gasteiger partial charge in [0, 0.05) is 37.6 Å². The van der Waals surface area contributed by atoms with Crippen LogP contribution in [0.25, 0.3) is 0 Å². The lowest BCUT2D eigenvalue weighted by atomic mass is 10.0. The molecule has 25 heavy (non-hydrogen) atoms. The van der Waals surface area contributed by atoms with Crippen LogP contribution in [-0.2, 0) is 22.6 Å². The molecule has 1 aliphatic heterocycles. The molecule has 1 N–H and O–H groups in total. The van der Waals surface area contributed by atoms with Crippen LogP contribution in [0.2, 0.25) is 0 Å². The standard InChI is InChI=1S/C20H23N3O2/c1-3-16-8-4-6-14(2)19(16)23-13-17(10-18(23)24)20(25)22-12-15-7-5-9-21-11-15/h4-9,11,17H,3,10,12-13H2,1-2H3,(H,22,25)/t17-/m1/s1. The average Bonchev–Trinajstić information content (AvgIpc) is 3.01. The van der Waals surface area contributed by atoms with Crippen molar-refractivity contribution in [3.8, 4) is 0 Å².